The topological polar surface area (TPSA) is 38.9 Å². The second kappa shape index (κ2) is 2.62. The third kappa shape index (κ3) is 2.39. The SMILES string of the molecule is CC(C)(C)Sc1ncno1. The van der Waals surface area contributed by atoms with Gasteiger partial charge in [-0.15, -0.1) is 0 Å². The van der Waals surface area contributed by atoms with Gasteiger partial charge in [-0.05, 0) is 0 Å². The first-order valence-corrected chi connectivity index (χ1v) is 3.85. The van der Waals surface area contributed by atoms with E-state index in [9.17, 15) is 0 Å². The molecule has 4 heteroatoms. The Hall–Kier alpha value is -0.510. The Morgan fingerprint density at radius 2 is 2.20 bits per heavy atom. The van der Waals surface area contributed by atoms with Crippen LogP contribution in [-0.4, -0.2) is 14.9 Å². The Kier molecular flexibility index (Phi) is 1.99. The molecule has 0 N–H and O–H groups in total. The zero-order valence-corrected chi connectivity index (χ0v) is 7.10. The molecule has 0 saturated heterocycles. The van der Waals surface area contributed by atoms with Crippen LogP contribution < -0.4 is 0 Å². The molecule has 0 atom stereocenters. The van der Waals surface area contributed by atoms with Crippen LogP contribution in [0.5, 0.6) is 0 Å². The van der Waals surface area contributed by atoms with E-state index in [1.54, 1.807) is 11.8 Å². The summed E-state index contributed by atoms with van der Waals surface area (Å²) in [4.78, 5) is 3.89. The fraction of sp³-hybridized carbons (Fsp3) is 0.667. The molecule has 0 bridgehead atoms. The van der Waals surface area contributed by atoms with Crippen molar-refractivity contribution in [2.75, 3.05) is 0 Å². The average molecular weight is 158 g/mol. The molecule has 0 aliphatic heterocycles. The Morgan fingerprint density at radius 3 is 2.60 bits per heavy atom. The molecule has 1 aromatic rings. The van der Waals surface area contributed by atoms with E-state index in [1.165, 1.54) is 6.33 Å². The van der Waals surface area contributed by atoms with Crippen LogP contribution in [0, 0.1) is 0 Å². The maximum Gasteiger partial charge on any atom is 0.285 e. The van der Waals surface area contributed by atoms with Gasteiger partial charge in [0.1, 0.15) is 0 Å². The van der Waals surface area contributed by atoms with E-state index in [2.05, 4.69) is 30.9 Å². The summed E-state index contributed by atoms with van der Waals surface area (Å²) in [6.07, 6.45) is 1.41. The molecule has 0 amide bonds. The van der Waals surface area contributed by atoms with Crippen LogP contribution in [0.25, 0.3) is 0 Å². The maximum absolute atomic E-state index is 4.81. The van der Waals surface area contributed by atoms with Gasteiger partial charge in [-0.2, -0.15) is 4.98 Å². The van der Waals surface area contributed by atoms with Gasteiger partial charge in [0.15, 0.2) is 6.33 Å². The van der Waals surface area contributed by atoms with Gasteiger partial charge in [0.05, 0.1) is 0 Å². The van der Waals surface area contributed by atoms with E-state index in [4.69, 9.17) is 4.52 Å². The summed E-state index contributed by atoms with van der Waals surface area (Å²) in [7, 11) is 0. The van der Waals surface area contributed by atoms with E-state index in [0.29, 0.717) is 5.22 Å². The van der Waals surface area contributed by atoms with E-state index in [1.807, 2.05) is 0 Å². The average Bonchev–Trinajstić information content (AvgIpc) is 2.12. The van der Waals surface area contributed by atoms with Gasteiger partial charge in [0.25, 0.3) is 5.22 Å². The van der Waals surface area contributed by atoms with Crippen molar-refractivity contribution in [2.24, 2.45) is 0 Å². The fourth-order valence-corrected chi connectivity index (χ4v) is 1.17. The summed E-state index contributed by atoms with van der Waals surface area (Å²) in [5, 5.41) is 4.13. The van der Waals surface area contributed by atoms with Crippen molar-refractivity contribution in [3.8, 4) is 0 Å². The van der Waals surface area contributed by atoms with Gasteiger partial charge >= 0.3 is 0 Å². The summed E-state index contributed by atoms with van der Waals surface area (Å²) in [6.45, 7) is 6.30. The monoisotopic (exact) mass is 158 g/mol. The highest BCUT2D eigenvalue weighted by molar-refractivity contribution is 8.00. The highest BCUT2D eigenvalue weighted by Gasteiger charge is 2.15. The van der Waals surface area contributed by atoms with Gasteiger partial charge in [-0.25, -0.2) is 0 Å². The van der Waals surface area contributed by atoms with Crippen LogP contribution in [-0.2, 0) is 0 Å². The molecule has 0 aliphatic carbocycles. The van der Waals surface area contributed by atoms with Crippen molar-refractivity contribution >= 4 is 11.8 Å². The first kappa shape index (κ1) is 7.60. The molecule has 10 heavy (non-hydrogen) atoms. The van der Waals surface area contributed by atoms with E-state index >= 15 is 0 Å². The summed E-state index contributed by atoms with van der Waals surface area (Å²) in [5.74, 6) is 0. The van der Waals surface area contributed by atoms with Crippen LogP contribution in [0.3, 0.4) is 0 Å². The molecule has 0 saturated carbocycles. The minimum Gasteiger partial charge on any atom is -0.328 e. The Morgan fingerprint density at radius 1 is 1.50 bits per heavy atom. The Labute approximate surface area is 64.2 Å². The minimum absolute atomic E-state index is 0.145. The van der Waals surface area contributed by atoms with Crippen LogP contribution >= 0.6 is 11.8 Å². The zero-order valence-electron chi connectivity index (χ0n) is 6.29. The Bertz CT molecular complexity index is 190. The second-order valence-corrected chi connectivity index (χ2v) is 4.70. The van der Waals surface area contributed by atoms with Crippen molar-refractivity contribution in [2.45, 2.75) is 30.7 Å². The third-order valence-corrected chi connectivity index (χ3v) is 1.70. The van der Waals surface area contributed by atoms with Crippen LogP contribution in [0.2, 0.25) is 0 Å². The molecule has 1 rings (SSSR count). The molecule has 56 valence electrons. The maximum atomic E-state index is 4.81. The fourth-order valence-electron chi connectivity index (χ4n) is 0.470. The lowest BCUT2D eigenvalue weighted by Crippen LogP contribution is -2.06. The molecule has 0 aliphatic rings. The first-order chi connectivity index (χ1) is 4.58. The molecule has 0 fully saturated rings. The van der Waals surface area contributed by atoms with Gasteiger partial charge in [0, 0.05) is 4.75 Å². The molecule has 0 spiro atoms. The molecular formula is C6H10N2OS. The molecule has 0 radical (unpaired) electrons. The van der Waals surface area contributed by atoms with E-state index in [-0.39, 0.29) is 4.75 Å². The number of rotatable bonds is 1. The molecule has 1 heterocycles. The van der Waals surface area contributed by atoms with Gasteiger partial charge < -0.3 is 4.52 Å². The minimum atomic E-state index is 0.145. The summed E-state index contributed by atoms with van der Waals surface area (Å²) in [6, 6.07) is 0. The van der Waals surface area contributed by atoms with Crippen molar-refractivity contribution in [3.05, 3.63) is 6.33 Å². The number of thioether (sulfide) groups is 1. The molecule has 1 aromatic heterocycles. The van der Waals surface area contributed by atoms with Crippen molar-refractivity contribution < 1.29 is 4.52 Å². The predicted molar refractivity (Wildman–Crippen MR) is 39.9 cm³/mol. The van der Waals surface area contributed by atoms with E-state index < -0.39 is 0 Å². The number of aromatic nitrogens is 2. The van der Waals surface area contributed by atoms with Gasteiger partial charge in [-0.1, -0.05) is 37.7 Å². The Balaban J connectivity index is 2.57. The summed E-state index contributed by atoms with van der Waals surface area (Å²) >= 11 is 1.57. The third-order valence-electron chi connectivity index (χ3n) is 0.735. The summed E-state index contributed by atoms with van der Waals surface area (Å²) in [5.41, 5.74) is 0. The number of hydrogen-bond donors (Lipinski definition) is 0. The molecular weight excluding hydrogens is 148 g/mol. The van der Waals surface area contributed by atoms with Crippen molar-refractivity contribution in [1.82, 2.24) is 10.1 Å². The lowest BCUT2D eigenvalue weighted by Gasteiger charge is -2.12. The molecule has 3 nitrogen and oxygen atoms in total. The van der Waals surface area contributed by atoms with E-state index in [0.717, 1.165) is 0 Å². The molecule has 0 aromatic carbocycles. The predicted octanol–water partition coefficient (Wildman–Crippen LogP) is 1.96. The zero-order chi connectivity index (χ0) is 7.61. The smallest absolute Gasteiger partial charge is 0.285 e. The quantitative estimate of drug-likeness (QED) is 0.586. The number of hydrogen-bond acceptors (Lipinski definition) is 4. The highest BCUT2D eigenvalue weighted by atomic mass is 32.2. The lowest BCUT2D eigenvalue weighted by molar-refractivity contribution is 0.339. The van der Waals surface area contributed by atoms with Crippen LogP contribution in [0.15, 0.2) is 16.1 Å². The van der Waals surface area contributed by atoms with Gasteiger partial charge in [-0.3, -0.25) is 0 Å². The number of nitrogens with zero attached hydrogens (tertiary/aromatic N) is 2. The lowest BCUT2D eigenvalue weighted by atomic mass is 10.3. The largest absolute Gasteiger partial charge is 0.328 e. The second-order valence-electron chi connectivity index (χ2n) is 2.92. The van der Waals surface area contributed by atoms with Gasteiger partial charge in [0.2, 0.25) is 0 Å². The first-order valence-electron chi connectivity index (χ1n) is 3.03. The van der Waals surface area contributed by atoms with Crippen LogP contribution in [0.1, 0.15) is 20.8 Å². The summed E-state index contributed by atoms with van der Waals surface area (Å²) < 4.78 is 4.96. The van der Waals surface area contributed by atoms with Crippen molar-refractivity contribution in [3.63, 3.8) is 0 Å². The highest BCUT2D eigenvalue weighted by Crippen LogP contribution is 2.29. The normalized spacial score (nSPS) is 11.9. The van der Waals surface area contributed by atoms with Crippen molar-refractivity contribution in [1.29, 1.82) is 0 Å². The standard InChI is InChI=1S/C6H10N2OS/c1-6(2,3)10-5-7-4-8-9-5/h4H,1-3H3. The van der Waals surface area contributed by atoms with Crippen LogP contribution in [0.4, 0.5) is 0 Å². The molecule has 0 unspecified atom stereocenters.